The van der Waals surface area contributed by atoms with Gasteiger partial charge in [-0.15, -0.1) is 0 Å². The highest BCUT2D eigenvalue weighted by atomic mass is 16.1. The molecule has 0 bridgehead atoms. The average Bonchev–Trinajstić information content (AvgIpc) is 3.02. The molecule has 0 atom stereocenters. The molecule has 0 aliphatic carbocycles. The predicted molar refractivity (Wildman–Crippen MR) is 86.9 cm³/mol. The van der Waals surface area contributed by atoms with E-state index in [0.29, 0.717) is 5.92 Å². The van der Waals surface area contributed by atoms with E-state index in [4.69, 9.17) is 10.5 Å². The van der Waals surface area contributed by atoms with Crippen LogP contribution in [0.2, 0.25) is 0 Å². The first-order valence-corrected chi connectivity index (χ1v) is 7.58. The number of aromatic amines is 1. The van der Waals surface area contributed by atoms with Crippen LogP contribution in [0.25, 0.3) is 0 Å². The number of nitrogens with zero attached hydrogens (tertiary/aromatic N) is 5. The molecule has 124 valence electrons. The number of imidazole rings is 1. The van der Waals surface area contributed by atoms with Crippen molar-refractivity contribution in [3.63, 3.8) is 0 Å². The molecule has 0 saturated carbocycles. The number of rotatable bonds is 5. The molecule has 2 rings (SSSR count). The maximum absolute atomic E-state index is 12.2. The Bertz CT molecular complexity index is 814. The summed E-state index contributed by atoms with van der Waals surface area (Å²) in [5.41, 5.74) is 2.65. The standard InChI is InChI=1S/C16H19N7O/c1-9(2)8-23-11(4)12(10(3)22-23)5-15(24)21-16-19-13(6-17)14(7-18)20-16/h9H,5,8H2,1-4H3,(H2,19,20,21,24). The number of H-pyrrole nitrogens is 1. The summed E-state index contributed by atoms with van der Waals surface area (Å²) in [4.78, 5) is 18.7. The molecule has 0 aliphatic rings. The van der Waals surface area contributed by atoms with Crippen molar-refractivity contribution in [1.29, 1.82) is 10.5 Å². The fraction of sp³-hybridized carbons (Fsp3) is 0.438. The van der Waals surface area contributed by atoms with Crippen LogP contribution in [-0.4, -0.2) is 25.7 Å². The minimum absolute atomic E-state index is 0.0323. The number of carbonyl (C=O) groups excluding carboxylic acids is 1. The number of aryl methyl sites for hydroxylation is 1. The molecule has 2 N–H and O–H groups in total. The number of carbonyl (C=O) groups is 1. The van der Waals surface area contributed by atoms with Crippen molar-refractivity contribution in [3.8, 4) is 12.1 Å². The summed E-state index contributed by atoms with van der Waals surface area (Å²) in [6.45, 7) is 8.84. The zero-order valence-corrected chi connectivity index (χ0v) is 14.1. The summed E-state index contributed by atoms with van der Waals surface area (Å²) in [5.74, 6) is 0.271. The summed E-state index contributed by atoms with van der Waals surface area (Å²) >= 11 is 0. The molecule has 0 fully saturated rings. The smallest absolute Gasteiger partial charge is 0.231 e. The van der Waals surface area contributed by atoms with E-state index in [1.165, 1.54) is 0 Å². The Morgan fingerprint density at radius 1 is 1.33 bits per heavy atom. The van der Waals surface area contributed by atoms with Gasteiger partial charge in [0.15, 0.2) is 11.4 Å². The molecule has 24 heavy (non-hydrogen) atoms. The number of hydrogen-bond donors (Lipinski definition) is 2. The van der Waals surface area contributed by atoms with Crippen molar-refractivity contribution in [3.05, 3.63) is 28.3 Å². The zero-order valence-electron chi connectivity index (χ0n) is 14.1. The summed E-state index contributed by atoms with van der Waals surface area (Å²) < 4.78 is 1.91. The lowest BCUT2D eigenvalue weighted by molar-refractivity contribution is -0.115. The lowest BCUT2D eigenvalue weighted by Crippen LogP contribution is -2.16. The van der Waals surface area contributed by atoms with Crippen LogP contribution >= 0.6 is 0 Å². The van der Waals surface area contributed by atoms with Gasteiger partial charge in [0.25, 0.3) is 0 Å². The van der Waals surface area contributed by atoms with E-state index in [2.05, 4.69) is 34.2 Å². The van der Waals surface area contributed by atoms with Crippen molar-refractivity contribution in [2.45, 2.75) is 40.7 Å². The highest BCUT2D eigenvalue weighted by Crippen LogP contribution is 2.16. The second-order valence-corrected chi connectivity index (χ2v) is 5.98. The molecule has 8 heteroatoms. The number of hydrogen-bond acceptors (Lipinski definition) is 5. The molecule has 0 spiro atoms. The quantitative estimate of drug-likeness (QED) is 0.867. The van der Waals surface area contributed by atoms with Gasteiger partial charge in [0, 0.05) is 17.8 Å². The van der Waals surface area contributed by atoms with Crippen LogP contribution in [0.3, 0.4) is 0 Å². The van der Waals surface area contributed by atoms with Crippen molar-refractivity contribution in [1.82, 2.24) is 19.7 Å². The largest absolute Gasteiger partial charge is 0.314 e. The maximum atomic E-state index is 12.2. The maximum Gasteiger partial charge on any atom is 0.231 e. The number of nitrogens with one attached hydrogen (secondary N) is 2. The van der Waals surface area contributed by atoms with E-state index in [1.54, 1.807) is 6.07 Å². The van der Waals surface area contributed by atoms with Gasteiger partial charge in [-0.25, -0.2) is 4.98 Å². The first-order valence-electron chi connectivity index (χ1n) is 7.58. The lowest BCUT2D eigenvalue weighted by atomic mass is 10.1. The molecule has 2 aromatic rings. The average molecular weight is 325 g/mol. The predicted octanol–water partition coefficient (Wildman–Crippen LogP) is 1.80. The monoisotopic (exact) mass is 325 g/mol. The van der Waals surface area contributed by atoms with Crippen molar-refractivity contribution < 1.29 is 4.79 Å². The minimum atomic E-state index is -0.284. The highest BCUT2D eigenvalue weighted by Gasteiger charge is 2.17. The fourth-order valence-electron chi connectivity index (χ4n) is 2.44. The number of aromatic nitrogens is 4. The van der Waals surface area contributed by atoms with Crippen molar-refractivity contribution in [2.24, 2.45) is 5.92 Å². The van der Waals surface area contributed by atoms with Gasteiger partial charge in [-0.3, -0.25) is 14.8 Å². The third-order valence-electron chi connectivity index (χ3n) is 3.59. The third-order valence-corrected chi connectivity index (χ3v) is 3.59. The molecular weight excluding hydrogens is 306 g/mol. The number of anilines is 1. The van der Waals surface area contributed by atoms with Crippen molar-refractivity contribution in [2.75, 3.05) is 5.32 Å². The van der Waals surface area contributed by atoms with E-state index in [1.807, 2.05) is 24.6 Å². The molecule has 0 radical (unpaired) electrons. The Balaban J connectivity index is 2.13. The molecule has 8 nitrogen and oxygen atoms in total. The minimum Gasteiger partial charge on any atom is -0.314 e. The van der Waals surface area contributed by atoms with E-state index in [0.717, 1.165) is 23.5 Å². The Morgan fingerprint density at radius 3 is 2.58 bits per heavy atom. The molecule has 2 aromatic heterocycles. The van der Waals surface area contributed by atoms with Crippen LogP contribution in [0.1, 0.15) is 42.2 Å². The zero-order chi connectivity index (χ0) is 17.9. The summed E-state index contributed by atoms with van der Waals surface area (Å²) in [5, 5.41) is 24.8. The molecule has 2 heterocycles. The highest BCUT2D eigenvalue weighted by molar-refractivity contribution is 5.91. The summed E-state index contributed by atoms with van der Waals surface area (Å²) in [7, 11) is 0. The second kappa shape index (κ2) is 6.97. The molecule has 1 amide bonds. The van der Waals surface area contributed by atoms with E-state index in [-0.39, 0.29) is 29.7 Å². The molecule has 0 aliphatic heterocycles. The van der Waals surface area contributed by atoms with Crippen LogP contribution in [-0.2, 0) is 17.8 Å². The fourth-order valence-corrected chi connectivity index (χ4v) is 2.44. The SMILES string of the molecule is Cc1nn(CC(C)C)c(C)c1CC(=O)Nc1nc(C#N)c(C#N)[nH]1. The molecule has 0 unspecified atom stereocenters. The van der Waals surface area contributed by atoms with E-state index < -0.39 is 0 Å². The normalized spacial score (nSPS) is 10.5. The Hall–Kier alpha value is -3.13. The second-order valence-electron chi connectivity index (χ2n) is 5.98. The summed E-state index contributed by atoms with van der Waals surface area (Å²) in [6.07, 6.45) is 0.153. The van der Waals surface area contributed by atoms with Crippen LogP contribution < -0.4 is 5.32 Å². The summed E-state index contributed by atoms with van der Waals surface area (Å²) in [6, 6.07) is 3.62. The Kier molecular flexibility index (Phi) is 5.00. The van der Waals surface area contributed by atoms with Crippen LogP contribution in [0.5, 0.6) is 0 Å². The number of nitriles is 2. The topological polar surface area (TPSA) is 123 Å². The first-order chi connectivity index (χ1) is 11.3. The third kappa shape index (κ3) is 3.61. The van der Waals surface area contributed by atoms with Gasteiger partial charge in [-0.1, -0.05) is 13.8 Å². The van der Waals surface area contributed by atoms with Gasteiger partial charge < -0.3 is 4.98 Å². The van der Waals surface area contributed by atoms with Gasteiger partial charge >= 0.3 is 0 Å². The van der Waals surface area contributed by atoms with Gasteiger partial charge in [-0.2, -0.15) is 15.6 Å². The van der Waals surface area contributed by atoms with Crippen LogP contribution in [0, 0.1) is 42.4 Å². The van der Waals surface area contributed by atoms with E-state index in [9.17, 15) is 4.79 Å². The number of amides is 1. The molecule has 0 saturated heterocycles. The van der Waals surface area contributed by atoms with Gasteiger partial charge in [0.2, 0.25) is 11.9 Å². The van der Waals surface area contributed by atoms with Gasteiger partial charge in [0.05, 0.1) is 12.1 Å². The van der Waals surface area contributed by atoms with Gasteiger partial charge in [0.1, 0.15) is 12.1 Å². The lowest BCUT2D eigenvalue weighted by Gasteiger charge is -2.08. The van der Waals surface area contributed by atoms with E-state index >= 15 is 0 Å². The van der Waals surface area contributed by atoms with Crippen LogP contribution in [0.15, 0.2) is 0 Å². The Morgan fingerprint density at radius 2 is 2.04 bits per heavy atom. The van der Waals surface area contributed by atoms with Crippen molar-refractivity contribution >= 4 is 11.9 Å². The first kappa shape index (κ1) is 17.2. The van der Waals surface area contributed by atoms with Gasteiger partial charge in [-0.05, 0) is 19.8 Å². The van der Waals surface area contributed by atoms with Crippen LogP contribution in [0.4, 0.5) is 5.95 Å². The molecular formula is C16H19N7O. The molecule has 0 aromatic carbocycles. The Labute approximate surface area is 140 Å².